The zero-order valence-electron chi connectivity index (χ0n) is 17.3. The highest BCUT2D eigenvalue weighted by Crippen LogP contribution is 2.64. The van der Waals surface area contributed by atoms with Gasteiger partial charge in [-0.3, -0.25) is 4.79 Å². The van der Waals surface area contributed by atoms with Gasteiger partial charge in [0.15, 0.2) is 0 Å². The molecule has 0 amide bonds. The van der Waals surface area contributed by atoms with Crippen molar-refractivity contribution in [3.8, 4) is 0 Å². The van der Waals surface area contributed by atoms with Crippen molar-refractivity contribution >= 4 is 5.97 Å². The third-order valence-corrected chi connectivity index (χ3v) is 7.96. The first-order chi connectivity index (χ1) is 12.6. The maximum Gasteiger partial charge on any atom is 0.302 e. The highest BCUT2D eigenvalue weighted by Gasteiger charge is 2.59. The van der Waals surface area contributed by atoms with Crippen LogP contribution in [0.4, 0.5) is 0 Å². The third kappa shape index (κ3) is 2.51. The molecule has 25 heavy (non-hydrogen) atoms. The van der Waals surface area contributed by atoms with Crippen LogP contribution in [0, 0.1) is 28.6 Å². The van der Waals surface area contributed by atoms with Crippen molar-refractivity contribution < 1.29 is 22.5 Å². The van der Waals surface area contributed by atoms with Crippen LogP contribution in [-0.4, -0.2) is 34.9 Å². The third-order valence-electron chi connectivity index (χ3n) is 7.96. The van der Waals surface area contributed by atoms with Gasteiger partial charge in [-0.2, -0.15) is 0 Å². The van der Waals surface area contributed by atoms with Gasteiger partial charge in [-0.1, -0.05) is 18.6 Å². The Morgan fingerprint density at radius 1 is 1.36 bits per heavy atom. The average Bonchev–Trinajstić information content (AvgIpc) is 2.83. The number of rotatable bonds is 2. The lowest BCUT2D eigenvalue weighted by atomic mass is 9.47. The van der Waals surface area contributed by atoms with Crippen LogP contribution >= 0.6 is 0 Å². The van der Waals surface area contributed by atoms with E-state index in [2.05, 4.69) is 13.0 Å². The summed E-state index contributed by atoms with van der Waals surface area (Å²) in [4.78, 5) is 11.4. The van der Waals surface area contributed by atoms with Crippen molar-refractivity contribution in [2.24, 2.45) is 28.6 Å². The Labute approximate surface area is 153 Å². The fourth-order valence-corrected chi connectivity index (χ4v) is 6.70. The second kappa shape index (κ2) is 6.09. The van der Waals surface area contributed by atoms with Crippen LogP contribution in [0.15, 0.2) is 11.6 Å². The van der Waals surface area contributed by atoms with Crippen molar-refractivity contribution in [1.82, 2.24) is 0 Å². The molecule has 4 rings (SSSR count). The van der Waals surface area contributed by atoms with Gasteiger partial charge in [0, 0.05) is 18.8 Å². The van der Waals surface area contributed by atoms with Crippen molar-refractivity contribution in [2.45, 2.75) is 77.4 Å². The van der Waals surface area contributed by atoms with E-state index in [1.807, 2.05) is 0 Å². The van der Waals surface area contributed by atoms with Gasteiger partial charge < -0.3 is 14.9 Å². The SMILES string of the molecule is [2H][C@H](O)[C@]12CCC(OC(C)=O)CC1=CC[C@@H]1[C@@H]2CC[C@@]2(C)[C@H]1CC[C@]2([2H])O. The number of hydrogen-bond acceptors (Lipinski definition) is 4. The number of aliphatic hydroxyl groups excluding tert-OH is 1. The number of allylic oxidation sites excluding steroid dienone is 1. The molecule has 4 aliphatic carbocycles. The molecule has 140 valence electrons. The number of hydrogen-bond donors (Lipinski definition) is 2. The average molecular weight is 350 g/mol. The van der Waals surface area contributed by atoms with Gasteiger partial charge in [0.05, 0.1) is 15.4 Å². The maximum absolute atomic E-state index is 11.4. The predicted octanol–water partition coefficient (Wildman–Crippen LogP) is 3.21. The van der Waals surface area contributed by atoms with E-state index < -0.39 is 23.5 Å². The van der Waals surface area contributed by atoms with Gasteiger partial charge in [-0.05, 0) is 68.1 Å². The minimum absolute atomic E-state index is 0.157. The lowest BCUT2D eigenvalue weighted by molar-refractivity contribution is -0.149. The van der Waals surface area contributed by atoms with E-state index >= 15 is 0 Å². The van der Waals surface area contributed by atoms with Crippen LogP contribution in [0.25, 0.3) is 0 Å². The quantitative estimate of drug-likeness (QED) is 0.593. The summed E-state index contributed by atoms with van der Waals surface area (Å²) in [7, 11) is 0. The van der Waals surface area contributed by atoms with Gasteiger partial charge in [0.2, 0.25) is 0 Å². The molecule has 4 aliphatic rings. The summed E-state index contributed by atoms with van der Waals surface area (Å²) in [5.41, 5.74) is 0.123. The second-order valence-corrected chi connectivity index (χ2v) is 8.93. The zero-order chi connectivity index (χ0) is 19.6. The summed E-state index contributed by atoms with van der Waals surface area (Å²) < 4.78 is 22.2. The number of carbonyl (C=O) groups excluding carboxylic acids is 1. The lowest BCUT2D eigenvalue weighted by Crippen LogP contribution is -2.53. The van der Waals surface area contributed by atoms with Gasteiger partial charge >= 0.3 is 5.97 Å². The molecule has 3 fully saturated rings. The van der Waals surface area contributed by atoms with Crippen LogP contribution in [0.1, 0.15) is 68.0 Å². The molecule has 4 nitrogen and oxygen atoms in total. The minimum atomic E-state index is -1.37. The van der Waals surface area contributed by atoms with E-state index in [9.17, 15) is 15.0 Å². The van der Waals surface area contributed by atoms with Crippen molar-refractivity contribution in [2.75, 3.05) is 6.58 Å². The van der Waals surface area contributed by atoms with Crippen LogP contribution in [0.5, 0.6) is 0 Å². The van der Waals surface area contributed by atoms with E-state index in [0.717, 1.165) is 31.3 Å². The fourth-order valence-electron chi connectivity index (χ4n) is 6.70. The molecule has 8 atom stereocenters. The molecule has 0 bridgehead atoms. The van der Waals surface area contributed by atoms with Gasteiger partial charge in [0.25, 0.3) is 0 Å². The van der Waals surface area contributed by atoms with E-state index in [0.29, 0.717) is 31.6 Å². The molecule has 2 N–H and O–H groups in total. The number of carbonyl (C=O) groups is 1. The summed E-state index contributed by atoms with van der Waals surface area (Å²) in [6, 6.07) is 0. The fraction of sp³-hybridized carbons (Fsp3) is 0.857. The van der Waals surface area contributed by atoms with E-state index in [-0.39, 0.29) is 23.9 Å². The Bertz CT molecular complexity index is 661. The summed E-state index contributed by atoms with van der Waals surface area (Å²) in [5, 5.41) is 21.3. The minimum Gasteiger partial charge on any atom is -0.462 e. The van der Waals surface area contributed by atoms with Crippen LogP contribution in [0.3, 0.4) is 0 Å². The zero-order valence-corrected chi connectivity index (χ0v) is 15.3. The summed E-state index contributed by atoms with van der Waals surface area (Å²) in [6.07, 6.45) is 6.46. The molecular weight excluding hydrogens is 316 g/mol. The predicted molar refractivity (Wildman–Crippen MR) is 94.7 cm³/mol. The Hall–Kier alpha value is -0.870. The number of ether oxygens (including phenoxy) is 1. The van der Waals surface area contributed by atoms with Gasteiger partial charge in [-0.15, -0.1) is 0 Å². The molecule has 0 spiro atoms. The van der Waals surface area contributed by atoms with E-state index in [1.54, 1.807) is 0 Å². The smallest absolute Gasteiger partial charge is 0.302 e. The second-order valence-electron chi connectivity index (χ2n) is 8.93. The molecule has 0 aromatic heterocycles. The lowest BCUT2D eigenvalue weighted by Gasteiger charge is -2.58. The Kier molecular flexibility index (Phi) is 3.71. The van der Waals surface area contributed by atoms with E-state index in [4.69, 9.17) is 7.48 Å². The summed E-state index contributed by atoms with van der Waals surface area (Å²) in [5.74, 6) is 0.494. The molecule has 0 aliphatic heterocycles. The van der Waals surface area contributed by atoms with Crippen LogP contribution in [-0.2, 0) is 9.53 Å². The molecule has 0 radical (unpaired) electrons. The highest BCUT2D eigenvalue weighted by molar-refractivity contribution is 5.66. The highest BCUT2D eigenvalue weighted by atomic mass is 16.5. The van der Waals surface area contributed by atoms with Gasteiger partial charge in [0.1, 0.15) is 6.10 Å². The molecule has 1 unspecified atom stereocenters. The van der Waals surface area contributed by atoms with Crippen LogP contribution in [0.2, 0.25) is 0 Å². The van der Waals surface area contributed by atoms with Crippen molar-refractivity contribution in [3.63, 3.8) is 0 Å². The van der Waals surface area contributed by atoms with Crippen molar-refractivity contribution in [3.05, 3.63) is 11.6 Å². The first kappa shape index (κ1) is 15.2. The van der Waals surface area contributed by atoms with Crippen molar-refractivity contribution in [1.29, 1.82) is 0 Å². The molecule has 0 heterocycles. The number of aliphatic hydroxyl groups is 2. The standard InChI is InChI=1S/C21H32O4/c1-13(23)25-15-7-10-21(12-22)14(11-15)3-4-16-17-5-6-19(24)20(17,2)9-8-18(16)21/h3,15-19,22,24H,4-12H2,1-2H3/t15?,16-,17-,18-,19-,20-,21+/m0/s1/i12D,19D/t12-,15?,16-,17-,18-,19-,20-,21+. The van der Waals surface area contributed by atoms with Gasteiger partial charge in [-0.25, -0.2) is 0 Å². The normalized spacial score (nSPS) is 54.2. The van der Waals surface area contributed by atoms with Crippen LogP contribution < -0.4 is 0 Å². The topological polar surface area (TPSA) is 66.8 Å². The molecule has 3 saturated carbocycles. The number of esters is 1. The monoisotopic (exact) mass is 350 g/mol. The molecule has 4 heteroatoms. The molecular formula is C21H32O4. The molecule has 0 saturated heterocycles. The largest absolute Gasteiger partial charge is 0.462 e. The summed E-state index contributed by atoms with van der Waals surface area (Å²) in [6.45, 7) is 2.31. The first-order valence-electron chi connectivity index (χ1n) is 10.9. The number of fused-ring (bicyclic) bond motifs is 5. The Morgan fingerprint density at radius 2 is 2.16 bits per heavy atom. The Morgan fingerprint density at radius 3 is 2.88 bits per heavy atom. The molecule has 0 aromatic rings. The maximum atomic E-state index is 11.4. The molecule has 0 aromatic carbocycles. The van der Waals surface area contributed by atoms with E-state index in [1.165, 1.54) is 6.92 Å². The summed E-state index contributed by atoms with van der Waals surface area (Å²) >= 11 is 0. The first-order valence-corrected chi connectivity index (χ1v) is 9.81. The Balaban J connectivity index is 1.67.